The molecule has 0 aromatic heterocycles. The Morgan fingerprint density at radius 3 is 2.20 bits per heavy atom. The lowest BCUT2D eigenvalue weighted by atomic mass is 10.2. The zero-order valence-corrected chi connectivity index (χ0v) is 12.7. The molecule has 2 aromatic carbocycles. The van der Waals surface area contributed by atoms with Crippen LogP contribution < -0.4 is 4.74 Å². The van der Waals surface area contributed by atoms with Crippen LogP contribution in [0.5, 0.6) is 17.2 Å². The van der Waals surface area contributed by atoms with E-state index in [1.807, 2.05) is 25.1 Å². The first kappa shape index (κ1) is 15.0. The fourth-order valence-electron chi connectivity index (χ4n) is 1.81. The van der Waals surface area contributed by atoms with Gasteiger partial charge in [0.05, 0.1) is 0 Å². The molecule has 106 valence electrons. The highest BCUT2D eigenvalue weighted by molar-refractivity contribution is 6.31. The topological polar surface area (TPSA) is 32.7 Å². The van der Waals surface area contributed by atoms with Crippen LogP contribution in [-0.4, -0.2) is 24.1 Å². The standard InChI is InChI=1S/C15H15Cl2NO2/c1-18(2)9-10-7-11(16)3-5-14(10)20-15-6-4-12(17)8-13(15)19/h3-8,19H,9H2,1-2H3. The van der Waals surface area contributed by atoms with E-state index >= 15 is 0 Å². The Morgan fingerprint density at radius 2 is 1.60 bits per heavy atom. The van der Waals surface area contributed by atoms with Crippen LogP contribution in [0.25, 0.3) is 0 Å². The molecule has 0 bridgehead atoms. The summed E-state index contributed by atoms with van der Waals surface area (Å²) in [6, 6.07) is 10.1. The number of hydrogen-bond acceptors (Lipinski definition) is 3. The number of hydrogen-bond donors (Lipinski definition) is 1. The van der Waals surface area contributed by atoms with Gasteiger partial charge in [-0.3, -0.25) is 0 Å². The molecule has 0 aliphatic heterocycles. The predicted octanol–water partition coefficient (Wildman–Crippen LogP) is 4.55. The molecular formula is C15H15Cl2NO2. The first-order chi connectivity index (χ1) is 9.45. The minimum absolute atomic E-state index is 0.00301. The van der Waals surface area contributed by atoms with Crippen LogP contribution in [0, 0.1) is 0 Å². The van der Waals surface area contributed by atoms with Gasteiger partial charge in [-0.05, 0) is 44.4 Å². The lowest BCUT2D eigenvalue weighted by molar-refractivity contribution is 0.379. The van der Waals surface area contributed by atoms with Crippen LogP contribution >= 0.6 is 23.2 Å². The summed E-state index contributed by atoms with van der Waals surface area (Å²) in [4.78, 5) is 2.01. The van der Waals surface area contributed by atoms with Gasteiger partial charge in [0.15, 0.2) is 11.5 Å². The van der Waals surface area contributed by atoms with Crippen molar-refractivity contribution >= 4 is 23.2 Å². The lowest BCUT2D eigenvalue weighted by Crippen LogP contribution is -2.11. The van der Waals surface area contributed by atoms with E-state index in [1.165, 1.54) is 6.07 Å². The Labute approximate surface area is 128 Å². The second-order valence-electron chi connectivity index (χ2n) is 4.70. The van der Waals surface area contributed by atoms with Gasteiger partial charge in [0.1, 0.15) is 5.75 Å². The van der Waals surface area contributed by atoms with E-state index in [-0.39, 0.29) is 5.75 Å². The van der Waals surface area contributed by atoms with Crippen LogP contribution in [0.4, 0.5) is 0 Å². The van der Waals surface area contributed by atoms with E-state index in [0.717, 1.165) is 5.56 Å². The molecule has 2 rings (SSSR count). The van der Waals surface area contributed by atoms with Crippen molar-refractivity contribution in [2.24, 2.45) is 0 Å². The average Bonchev–Trinajstić information content (AvgIpc) is 2.34. The van der Waals surface area contributed by atoms with Crippen LogP contribution in [-0.2, 0) is 6.54 Å². The van der Waals surface area contributed by atoms with Gasteiger partial charge in [-0.15, -0.1) is 0 Å². The molecule has 0 atom stereocenters. The molecular weight excluding hydrogens is 297 g/mol. The zero-order valence-electron chi connectivity index (χ0n) is 11.2. The molecule has 20 heavy (non-hydrogen) atoms. The number of phenolic OH excluding ortho intramolecular Hbond substituents is 1. The Kier molecular flexibility index (Phi) is 4.76. The van der Waals surface area contributed by atoms with E-state index < -0.39 is 0 Å². The molecule has 0 fully saturated rings. The SMILES string of the molecule is CN(C)Cc1cc(Cl)ccc1Oc1ccc(Cl)cc1O. The van der Waals surface area contributed by atoms with E-state index in [2.05, 4.69) is 0 Å². The van der Waals surface area contributed by atoms with Crippen molar-refractivity contribution in [1.82, 2.24) is 4.90 Å². The van der Waals surface area contributed by atoms with Crippen LogP contribution in [0.2, 0.25) is 10.0 Å². The smallest absolute Gasteiger partial charge is 0.169 e. The molecule has 0 aliphatic rings. The van der Waals surface area contributed by atoms with E-state index in [0.29, 0.717) is 28.1 Å². The Morgan fingerprint density at radius 1 is 1.00 bits per heavy atom. The molecule has 0 aliphatic carbocycles. The van der Waals surface area contributed by atoms with Crippen molar-refractivity contribution in [2.75, 3.05) is 14.1 Å². The number of benzene rings is 2. The van der Waals surface area contributed by atoms with Gasteiger partial charge in [-0.1, -0.05) is 23.2 Å². The number of rotatable bonds is 4. The van der Waals surface area contributed by atoms with Gasteiger partial charge in [0.25, 0.3) is 0 Å². The zero-order chi connectivity index (χ0) is 14.7. The summed E-state index contributed by atoms with van der Waals surface area (Å²) in [5, 5.41) is 10.9. The van der Waals surface area contributed by atoms with Gasteiger partial charge >= 0.3 is 0 Å². The maximum Gasteiger partial charge on any atom is 0.169 e. The normalized spacial score (nSPS) is 10.8. The average molecular weight is 312 g/mol. The summed E-state index contributed by atoms with van der Waals surface area (Å²) in [7, 11) is 3.93. The minimum atomic E-state index is 0.00301. The van der Waals surface area contributed by atoms with Crippen LogP contribution in [0.1, 0.15) is 5.56 Å². The van der Waals surface area contributed by atoms with Crippen LogP contribution in [0.15, 0.2) is 36.4 Å². The third-order valence-electron chi connectivity index (χ3n) is 2.65. The molecule has 0 amide bonds. The summed E-state index contributed by atoms with van der Waals surface area (Å²) in [5.41, 5.74) is 0.942. The highest BCUT2D eigenvalue weighted by Crippen LogP contribution is 2.35. The number of halogens is 2. The first-order valence-electron chi connectivity index (χ1n) is 6.05. The Bertz CT molecular complexity index is 615. The Balaban J connectivity index is 2.32. The number of phenols is 1. The molecule has 0 saturated carbocycles. The maximum absolute atomic E-state index is 9.83. The molecule has 2 aromatic rings. The first-order valence-corrected chi connectivity index (χ1v) is 6.81. The molecule has 0 radical (unpaired) electrons. The van der Waals surface area contributed by atoms with Gasteiger partial charge in [0.2, 0.25) is 0 Å². The van der Waals surface area contributed by atoms with Crippen molar-refractivity contribution in [3.8, 4) is 17.2 Å². The Hall–Kier alpha value is -1.42. The summed E-state index contributed by atoms with van der Waals surface area (Å²) in [6.07, 6.45) is 0. The van der Waals surface area contributed by atoms with Gasteiger partial charge in [-0.25, -0.2) is 0 Å². The molecule has 0 heterocycles. The second kappa shape index (κ2) is 6.35. The molecule has 3 nitrogen and oxygen atoms in total. The number of nitrogens with zero attached hydrogens (tertiary/aromatic N) is 1. The highest BCUT2D eigenvalue weighted by atomic mass is 35.5. The van der Waals surface area contributed by atoms with Gasteiger partial charge < -0.3 is 14.7 Å². The van der Waals surface area contributed by atoms with E-state index in [1.54, 1.807) is 24.3 Å². The third kappa shape index (κ3) is 3.79. The molecule has 5 heteroatoms. The minimum Gasteiger partial charge on any atom is -0.504 e. The summed E-state index contributed by atoms with van der Waals surface area (Å²) < 4.78 is 5.76. The number of ether oxygens (including phenoxy) is 1. The fraction of sp³-hybridized carbons (Fsp3) is 0.200. The van der Waals surface area contributed by atoms with Gasteiger partial charge in [-0.2, -0.15) is 0 Å². The second-order valence-corrected chi connectivity index (χ2v) is 5.58. The largest absolute Gasteiger partial charge is 0.504 e. The van der Waals surface area contributed by atoms with Crippen molar-refractivity contribution in [3.63, 3.8) is 0 Å². The van der Waals surface area contributed by atoms with Crippen molar-refractivity contribution in [1.29, 1.82) is 0 Å². The third-order valence-corrected chi connectivity index (χ3v) is 3.12. The monoisotopic (exact) mass is 311 g/mol. The quantitative estimate of drug-likeness (QED) is 0.899. The molecule has 1 N–H and O–H groups in total. The fourth-order valence-corrected chi connectivity index (χ4v) is 2.17. The maximum atomic E-state index is 9.83. The summed E-state index contributed by atoms with van der Waals surface area (Å²) in [6.45, 7) is 0.685. The summed E-state index contributed by atoms with van der Waals surface area (Å²) >= 11 is 11.8. The lowest BCUT2D eigenvalue weighted by Gasteiger charge is -2.15. The van der Waals surface area contributed by atoms with Crippen molar-refractivity contribution < 1.29 is 9.84 Å². The molecule has 0 saturated heterocycles. The number of aromatic hydroxyl groups is 1. The predicted molar refractivity (Wildman–Crippen MR) is 82.0 cm³/mol. The molecule has 0 spiro atoms. The van der Waals surface area contributed by atoms with Gasteiger partial charge in [0, 0.05) is 28.2 Å². The summed E-state index contributed by atoms with van der Waals surface area (Å²) in [5.74, 6) is 1.01. The van der Waals surface area contributed by atoms with Crippen molar-refractivity contribution in [3.05, 3.63) is 52.0 Å². The van der Waals surface area contributed by atoms with Crippen molar-refractivity contribution in [2.45, 2.75) is 6.54 Å². The van der Waals surface area contributed by atoms with E-state index in [9.17, 15) is 5.11 Å². The molecule has 0 unspecified atom stereocenters. The van der Waals surface area contributed by atoms with Crippen LogP contribution in [0.3, 0.4) is 0 Å². The highest BCUT2D eigenvalue weighted by Gasteiger charge is 2.10. The van der Waals surface area contributed by atoms with E-state index in [4.69, 9.17) is 27.9 Å².